The van der Waals surface area contributed by atoms with Crippen molar-refractivity contribution in [2.45, 2.75) is 32.9 Å². The highest BCUT2D eigenvalue weighted by atomic mass is 16.5. The molecular weight excluding hydrogens is 188 g/mol. The number of hydrogen-bond donors (Lipinski definition) is 1. The topological polar surface area (TPSA) is 34.1 Å². The van der Waals surface area contributed by atoms with Crippen LogP contribution in [0.1, 0.15) is 25.0 Å². The van der Waals surface area contributed by atoms with Crippen LogP contribution in [0.2, 0.25) is 0 Å². The van der Waals surface area contributed by atoms with E-state index in [1.165, 1.54) is 11.1 Å². The van der Waals surface area contributed by atoms with Gasteiger partial charge in [0.2, 0.25) is 0 Å². The first kappa shape index (κ1) is 12.1. The third-order valence-electron chi connectivity index (χ3n) is 2.41. The highest BCUT2D eigenvalue weighted by Crippen LogP contribution is 2.08. The number of nitrogens with zero attached hydrogens (tertiary/aromatic N) is 1. The standard InChI is InChI=1S/C12H20N2O/c1-10-5-6-13-7-11(10)8-14-12(2,3)9-15-4/h5-7,14H,8-9H2,1-4H3. The average molecular weight is 208 g/mol. The molecule has 0 saturated heterocycles. The van der Waals surface area contributed by atoms with E-state index in [9.17, 15) is 0 Å². The molecule has 3 nitrogen and oxygen atoms in total. The minimum absolute atomic E-state index is 0.00295. The van der Waals surface area contributed by atoms with E-state index in [4.69, 9.17) is 4.74 Å². The SMILES string of the molecule is COCC(C)(C)NCc1cnccc1C. The Morgan fingerprint density at radius 3 is 2.80 bits per heavy atom. The van der Waals surface area contributed by atoms with Gasteiger partial charge in [0.1, 0.15) is 0 Å². The number of aryl methyl sites for hydroxylation is 1. The van der Waals surface area contributed by atoms with E-state index in [0.29, 0.717) is 6.61 Å². The number of pyridine rings is 1. The Balaban J connectivity index is 2.53. The summed E-state index contributed by atoms with van der Waals surface area (Å²) in [5, 5.41) is 3.45. The van der Waals surface area contributed by atoms with Crippen LogP contribution in [-0.4, -0.2) is 24.2 Å². The highest BCUT2D eigenvalue weighted by Gasteiger charge is 2.16. The summed E-state index contributed by atoms with van der Waals surface area (Å²) in [6.07, 6.45) is 3.73. The molecule has 84 valence electrons. The van der Waals surface area contributed by atoms with Crippen molar-refractivity contribution in [2.75, 3.05) is 13.7 Å². The Bertz CT molecular complexity index is 310. The van der Waals surface area contributed by atoms with E-state index < -0.39 is 0 Å². The zero-order valence-corrected chi connectivity index (χ0v) is 10.0. The number of rotatable bonds is 5. The van der Waals surface area contributed by atoms with Gasteiger partial charge in [-0.25, -0.2) is 0 Å². The summed E-state index contributed by atoms with van der Waals surface area (Å²) < 4.78 is 5.15. The van der Waals surface area contributed by atoms with Crippen LogP contribution in [0.3, 0.4) is 0 Å². The van der Waals surface area contributed by atoms with Crippen molar-refractivity contribution >= 4 is 0 Å². The van der Waals surface area contributed by atoms with Crippen LogP contribution in [0, 0.1) is 6.92 Å². The normalized spacial score (nSPS) is 11.7. The van der Waals surface area contributed by atoms with Crippen LogP contribution in [-0.2, 0) is 11.3 Å². The summed E-state index contributed by atoms with van der Waals surface area (Å²) in [5.74, 6) is 0. The van der Waals surface area contributed by atoms with Gasteiger partial charge >= 0.3 is 0 Å². The van der Waals surface area contributed by atoms with E-state index in [0.717, 1.165) is 6.54 Å². The lowest BCUT2D eigenvalue weighted by Crippen LogP contribution is -2.42. The molecule has 0 aliphatic carbocycles. The molecule has 0 unspecified atom stereocenters. The van der Waals surface area contributed by atoms with Crippen LogP contribution in [0.4, 0.5) is 0 Å². The Morgan fingerprint density at radius 1 is 1.47 bits per heavy atom. The lowest BCUT2D eigenvalue weighted by molar-refractivity contribution is 0.127. The monoisotopic (exact) mass is 208 g/mol. The summed E-state index contributed by atoms with van der Waals surface area (Å²) in [6, 6.07) is 2.03. The minimum Gasteiger partial charge on any atom is -0.383 e. The molecule has 0 aromatic carbocycles. The first-order valence-electron chi connectivity index (χ1n) is 5.18. The Morgan fingerprint density at radius 2 is 2.20 bits per heavy atom. The van der Waals surface area contributed by atoms with Crippen molar-refractivity contribution in [3.8, 4) is 0 Å². The Kier molecular flexibility index (Phi) is 4.24. The summed E-state index contributed by atoms with van der Waals surface area (Å²) in [5.41, 5.74) is 2.50. The van der Waals surface area contributed by atoms with Gasteiger partial charge in [-0.1, -0.05) is 0 Å². The van der Waals surface area contributed by atoms with Crippen LogP contribution in [0.5, 0.6) is 0 Å². The van der Waals surface area contributed by atoms with Crippen LogP contribution >= 0.6 is 0 Å². The summed E-state index contributed by atoms with van der Waals surface area (Å²) in [7, 11) is 1.72. The van der Waals surface area contributed by atoms with Gasteiger partial charge in [0, 0.05) is 31.6 Å². The molecule has 0 bridgehead atoms. The van der Waals surface area contributed by atoms with Crippen molar-refractivity contribution in [1.29, 1.82) is 0 Å². The van der Waals surface area contributed by atoms with Gasteiger partial charge in [0.15, 0.2) is 0 Å². The third-order valence-corrected chi connectivity index (χ3v) is 2.41. The maximum Gasteiger partial charge on any atom is 0.0639 e. The van der Waals surface area contributed by atoms with Crippen molar-refractivity contribution in [3.63, 3.8) is 0 Å². The zero-order valence-electron chi connectivity index (χ0n) is 10.0. The largest absolute Gasteiger partial charge is 0.383 e. The van der Waals surface area contributed by atoms with E-state index in [2.05, 4.69) is 31.1 Å². The molecule has 1 aromatic rings. The van der Waals surface area contributed by atoms with Gasteiger partial charge in [-0.15, -0.1) is 0 Å². The van der Waals surface area contributed by atoms with Crippen molar-refractivity contribution in [3.05, 3.63) is 29.6 Å². The minimum atomic E-state index is -0.00295. The van der Waals surface area contributed by atoms with Gasteiger partial charge in [0.05, 0.1) is 6.61 Å². The number of hydrogen-bond acceptors (Lipinski definition) is 3. The van der Waals surface area contributed by atoms with Crippen LogP contribution in [0.25, 0.3) is 0 Å². The molecular formula is C12H20N2O. The molecule has 0 atom stereocenters. The number of nitrogens with one attached hydrogen (secondary N) is 1. The predicted octanol–water partition coefficient (Wildman–Crippen LogP) is 1.90. The van der Waals surface area contributed by atoms with E-state index >= 15 is 0 Å². The summed E-state index contributed by atoms with van der Waals surface area (Å²) in [4.78, 5) is 4.12. The first-order valence-corrected chi connectivity index (χ1v) is 5.18. The molecule has 0 amide bonds. The Labute approximate surface area is 91.9 Å². The van der Waals surface area contributed by atoms with Crippen molar-refractivity contribution in [1.82, 2.24) is 10.3 Å². The molecule has 0 spiro atoms. The smallest absolute Gasteiger partial charge is 0.0639 e. The predicted molar refractivity (Wildman–Crippen MR) is 61.8 cm³/mol. The van der Waals surface area contributed by atoms with Gasteiger partial charge in [-0.05, 0) is 38.0 Å². The summed E-state index contributed by atoms with van der Waals surface area (Å²) >= 11 is 0. The summed E-state index contributed by atoms with van der Waals surface area (Å²) in [6.45, 7) is 7.88. The second-order valence-electron chi connectivity index (χ2n) is 4.47. The second kappa shape index (κ2) is 5.24. The molecule has 1 heterocycles. The fraction of sp³-hybridized carbons (Fsp3) is 0.583. The fourth-order valence-corrected chi connectivity index (χ4v) is 1.43. The lowest BCUT2D eigenvalue weighted by Gasteiger charge is -2.25. The molecule has 0 radical (unpaired) electrons. The second-order valence-corrected chi connectivity index (χ2v) is 4.47. The fourth-order valence-electron chi connectivity index (χ4n) is 1.43. The molecule has 0 fully saturated rings. The molecule has 1 aromatic heterocycles. The van der Waals surface area contributed by atoms with Crippen LogP contribution in [0.15, 0.2) is 18.5 Å². The van der Waals surface area contributed by atoms with E-state index in [-0.39, 0.29) is 5.54 Å². The van der Waals surface area contributed by atoms with Crippen molar-refractivity contribution in [2.24, 2.45) is 0 Å². The zero-order chi connectivity index (χ0) is 11.3. The number of ether oxygens (including phenoxy) is 1. The molecule has 3 heteroatoms. The molecule has 0 aliphatic rings. The first-order chi connectivity index (χ1) is 7.05. The van der Waals surface area contributed by atoms with Gasteiger partial charge in [-0.3, -0.25) is 4.98 Å². The molecule has 0 aliphatic heterocycles. The molecule has 1 rings (SSSR count). The lowest BCUT2D eigenvalue weighted by atomic mass is 10.1. The third kappa shape index (κ3) is 3.98. The number of methoxy groups -OCH3 is 1. The van der Waals surface area contributed by atoms with Crippen LogP contribution < -0.4 is 5.32 Å². The number of aromatic nitrogens is 1. The van der Waals surface area contributed by atoms with Gasteiger partial charge < -0.3 is 10.1 Å². The van der Waals surface area contributed by atoms with E-state index in [1.807, 2.05) is 18.5 Å². The van der Waals surface area contributed by atoms with E-state index in [1.54, 1.807) is 7.11 Å². The van der Waals surface area contributed by atoms with Gasteiger partial charge in [-0.2, -0.15) is 0 Å². The molecule has 1 N–H and O–H groups in total. The quantitative estimate of drug-likeness (QED) is 0.802. The molecule has 0 saturated carbocycles. The maximum atomic E-state index is 5.15. The molecule has 15 heavy (non-hydrogen) atoms. The highest BCUT2D eigenvalue weighted by molar-refractivity contribution is 5.21. The average Bonchev–Trinajstić information content (AvgIpc) is 2.16. The van der Waals surface area contributed by atoms with Gasteiger partial charge in [0.25, 0.3) is 0 Å². The van der Waals surface area contributed by atoms with Crippen molar-refractivity contribution < 1.29 is 4.74 Å². The Hall–Kier alpha value is -0.930. The maximum absolute atomic E-state index is 5.15.